The van der Waals surface area contributed by atoms with Crippen LogP contribution < -0.4 is 5.32 Å². The number of hydrogen-bond acceptors (Lipinski definition) is 4. The van der Waals surface area contributed by atoms with Gasteiger partial charge < -0.3 is 10.3 Å². The van der Waals surface area contributed by atoms with Gasteiger partial charge in [-0.25, -0.2) is 9.50 Å². The first-order chi connectivity index (χ1) is 14.4. The van der Waals surface area contributed by atoms with E-state index in [4.69, 9.17) is 0 Å². The Labute approximate surface area is 180 Å². The van der Waals surface area contributed by atoms with Gasteiger partial charge in [-0.3, -0.25) is 0 Å². The van der Waals surface area contributed by atoms with Crippen LogP contribution in [-0.2, 0) is 0 Å². The number of thiophene rings is 1. The van der Waals surface area contributed by atoms with E-state index in [1.54, 1.807) is 11.2 Å². The van der Waals surface area contributed by atoms with Crippen LogP contribution in [0.15, 0.2) is 12.5 Å². The third kappa shape index (κ3) is 2.44. The molecule has 4 aromatic rings. The van der Waals surface area contributed by atoms with Crippen LogP contribution in [0.2, 0.25) is 0 Å². The minimum absolute atomic E-state index is 0.447. The molecular weight excluding hydrogens is 390 g/mol. The minimum Gasteiger partial charge on any atom is -0.346 e. The molecule has 6 rings (SSSR count). The van der Waals surface area contributed by atoms with E-state index in [1.807, 2.05) is 15.9 Å². The molecule has 1 saturated heterocycles. The standard InChI is InChI=1S/C24H29N5S/c1-11(2)19-20-14(5)22(17-7-16-6-15(17)8-25-16)30-24(20)28-21(19)18-9-29-23(26-10-27-29)13(4)12(18)3/h9-11,15-17,25,28H,6-8H2,1-5H3/t15-,16?,17+/m1/s1. The molecule has 3 atom stereocenters. The highest BCUT2D eigenvalue weighted by atomic mass is 32.1. The van der Waals surface area contributed by atoms with Gasteiger partial charge in [0.1, 0.15) is 11.2 Å². The summed E-state index contributed by atoms with van der Waals surface area (Å²) in [6.45, 7) is 12.5. The summed E-state index contributed by atoms with van der Waals surface area (Å²) in [5, 5.41) is 9.55. The number of nitrogens with zero attached hydrogens (tertiary/aromatic N) is 3. The van der Waals surface area contributed by atoms with Crippen molar-refractivity contribution in [2.75, 3.05) is 6.54 Å². The predicted octanol–water partition coefficient (Wildman–Crippen LogP) is 5.45. The van der Waals surface area contributed by atoms with E-state index >= 15 is 0 Å². The van der Waals surface area contributed by atoms with Crippen molar-refractivity contribution in [2.45, 2.75) is 65.3 Å². The molecule has 2 bridgehead atoms. The highest BCUT2D eigenvalue weighted by molar-refractivity contribution is 7.19. The predicted molar refractivity (Wildman–Crippen MR) is 124 cm³/mol. The maximum absolute atomic E-state index is 4.43. The van der Waals surface area contributed by atoms with Crippen molar-refractivity contribution in [3.05, 3.63) is 39.7 Å². The van der Waals surface area contributed by atoms with Crippen molar-refractivity contribution in [3.63, 3.8) is 0 Å². The lowest BCUT2D eigenvalue weighted by Crippen LogP contribution is -2.28. The summed E-state index contributed by atoms with van der Waals surface area (Å²) in [6, 6.07) is 0.736. The molecule has 156 valence electrons. The smallest absolute Gasteiger partial charge is 0.158 e. The van der Waals surface area contributed by atoms with Gasteiger partial charge in [-0.1, -0.05) is 13.8 Å². The Morgan fingerprint density at radius 1 is 1.13 bits per heavy atom. The van der Waals surface area contributed by atoms with E-state index in [-0.39, 0.29) is 0 Å². The van der Waals surface area contributed by atoms with Crippen LogP contribution in [0, 0.1) is 26.7 Å². The van der Waals surface area contributed by atoms with Crippen molar-refractivity contribution < 1.29 is 0 Å². The van der Waals surface area contributed by atoms with Gasteiger partial charge >= 0.3 is 0 Å². The van der Waals surface area contributed by atoms with E-state index < -0.39 is 0 Å². The highest BCUT2D eigenvalue weighted by Gasteiger charge is 2.42. The maximum Gasteiger partial charge on any atom is 0.158 e. The summed E-state index contributed by atoms with van der Waals surface area (Å²) >= 11 is 2.01. The van der Waals surface area contributed by atoms with E-state index in [9.17, 15) is 0 Å². The van der Waals surface area contributed by atoms with Crippen LogP contribution in [0.5, 0.6) is 0 Å². The zero-order chi connectivity index (χ0) is 20.7. The number of nitrogens with one attached hydrogen (secondary N) is 2. The zero-order valence-corrected chi connectivity index (χ0v) is 19.2. The van der Waals surface area contributed by atoms with Gasteiger partial charge in [-0.05, 0) is 80.2 Å². The van der Waals surface area contributed by atoms with Gasteiger partial charge in [0.05, 0.1) is 5.69 Å². The fourth-order valence-corrected chi connectivity index (χ4v) is 7.44. The first-order valence-corrected chi connectivity index (χ1v) is 11.9. The van der Waals surface area contributed by atoms with Gasteiger partial charge in [0.15, 0.2) is 5.65 Å². The number of H-pyrrole nitrogens is 1. The summed E-state index contributed by atoms with van der Waals surface area (Å²) in [5.74, 6) is 2.00. The summed E-state index contributed by atoms with van der Waals surface area (Å²) in [5.41, 5.74) is 8.88. The number of aromatic amines is 1. The van der Waals surface area contributed by atoms with Gasteiger partial charge in [-0.15, -0.1) is 11.3 Å². The minimum atomic E-state index is 0.447. The topological polar surface area (TPSA) is 58.0 Å². The highest BCUT2D eigenvalue weighted by Crippen LogP contribution is 2.50. The quantitative estimate of drug-likeness (QED) is 0.464. The molecule has 30 heavy (non-hydrogen) atoms. The van der Waals surface area contributed by atoms with Gasteiger partial charge in [0, 0.05) is 28.1 Å². The molecule has 5 heterocycles. The van der Waals surface area contributed by atoms with Crippen LogP contribution in [-0.4, -0.2) is 32.2 Å². The molecule has 1 unspecified atom stereocenters. The van der Waals surface area contributed by atoms with Gasteiger partial charge in [0.25, 0.3) is 0 Å². The molecule has 1 aliphatic heterocycles. The molecule has 2 N–H and O–H groups in total. The van der Waals surface area contributed by atoms with Crippen LogP contribution in [0.25, 0.3) is 27.1 Å². The molecule has 2 aliphatic rings. The second-order valence-corrected chi connectivity index (χ2v) is 10.7. The third-order valence-electron chi connectivity index (χ3n) is 7.63. The molecule has 5 nitrogen and oxygen atoms in total. The number of rotatable bonds is 3. The van der Waals surface area contributed by atoms with Crippen LogP contribution in [0.3, 0.4) is 0 Å². The fraction of sp³-hybridized carbons (Fsp3) is 0.500. The van der Waals surface area contributed by atoms with Crippen molar-refractivity contribution in [1.82, 2.24) is 24.9 Å². The molecule has 0 aromatic carbocycles. The summed E-state index contributed by atoms with van der Waals surface area (Å²) < 4.78 is 1.91. The lowest BCUT2D eigenvalue weighted by atomic mass is 9.89. The summed E-state index contributed by atoms with van der Waals surface area (Å²) in [7, 11) is 0. The monoisotopic (exact) mass is 419 g/mol. The number of aromatic nitrogens is 4. The van der Waals surface area contributed by atoms with Gasteiger partial charge in [-0.2, -0.15) is 5.10 Å². The van der Waals surface area contributed by atoms with Crippen LogP contribution >= 0.6 is 11.3 Å². The summed E-state index contributed by atoms with van der Waals surface area (Å²) in [4.78, 5) is 11.3. The third-order valence-corrected chi connectivity index (χ3v) is 8.97. The lowest BCUT2D eigenvalue weighted by molar-refractivity contribution is 0.445. The van der Waals surface area contributed by atoms with Crippen LogP contribution in [0.1, 0.15) is 65.7 Å². The number of hydrogen-bond donors (Lipinski definition) is 2. The molecule has 2 fully saturated rings. The molecule has 0 spiro atoms. The van der Waals surface area contributed by atoms with Crippen molar-refractivity contribution >= 4 is 27.2 Å². The second-order valence-electron chi connectivity index (χ2n) is 9.63. The van der Waals surface area contributed by atoms with Gasteiger partial charge in [0.2, 0.25) is 0 Å². The second kappa shape index (κ2) is 6.41. The zero-order valence-electron chi connectivity index (χ0n) is 18.3. The number of fused-ring (bicyclic) bond motifs is 4. The molecule has 0 radical (unpaired) electrons. The Morgan fingerprint density at radius 3 is 2.67 bits per heavy atom. The maximum atomic E-state index is 4.43. The van der Waals surface area contributed by atoms with E-state index in [2.05, 4.69) is 61.2 Å². The Kier molecular flexibility index (Phi) is 3.97. The lowest BCUT2D eigenvalue weighted by Gasteiger charge is -2.22. The average Bonchev–Trinajstić information content (AvgIpc) is 3.50. The normalized spacial score (nSPS) is 23.6. The molecule has 6 heteroatoms. The number of pyridine rings is 1. The first-order valence-electron chi connectivity index (χ1n) is 11.1. The molecule has 1 aliphatic carbocycles. The Balaban J connectivity index is 1.56. The van der Waals surface area contributed by atoms with E-state index in [0.29, 0.717) is 5.92 Å². The number of aryl methyl sites for hydroxylation is 2. The molecule has 0 amide bonds. The fourth-order valence-electron chi connectivity index (χ4n) is 6.00. The largest absolute Gasteiger partial charge is 0.346 e. The Bertz CT molecular complexity index is 1290. The van der Waals surface area contributed by atoms with Crippen molar-refractivity contribution in [1.29, 1.82) is 0 Å². The molecule has 1 saturated carbocycles. The number of piperidine rings is 1. The van der Waals surface area contributed by atoms with Crippen molar-refractivity contribution in [2.24, 2.45) is 5.92 Å². The first kappa shape index (κ1) is 18.6. The Morgan fingerprint density at radius 2 is 1.97 bits per heavy atom. The van der Waals surface area contributed by atoms with Crippen molar-refractivity contribution in [3.8, 4) is 11.3 Å². The van der Waals surface area contributed by atoms with E-state index in [0.717, 1.165) is 23.5 Å². The molecular formula is C24H29N5S. The van der Waals surface area contributed by atoms with E-state index in [1.165, 1.54) is 63.1 Å². The SMILES string of the molecule is Cc1c(-c2[nH]c3sc([C@H]4CC5C[C@@H]4CN5)c(C)c3c2C(C)C)cn2ncnc2c1C. The molecule has 4 aromatic heterocycles. The summed E-state index contributed by atoms with van der Waals surface area (Å²) in [6.07, 6.45) is 6.45. The van der Waals surface area contributed by atoms with Crippen LogP contribution in [0.4, 0.5) is 0 Å². The Hall–Kier alpha value is -2.18. The average molecular weight is 420 g/mol.